The molecule has 3 rings (SSSR count). The zero-order valence-electron chi connectivity index (χ0n) is 14.9. The van der Waals surface area contributed by atoms with Crippen LogP contribution in [0.5, 0.6) is 5.75 Å². The lowest BCUT2D eigenvalue weighted by Crippen LogP contribution is -2.44. The number of nitro benzene ring substituents is 1. The first kappa shape index (κ1) is 19.2. The number of rotatable bonds is 5. The number of methoxy groups -OCH3 is 1. The summed E-state index contributed by atoms with van der Waals surface area (Å²) < 4.78 is 5.54. The van der Waals surface area contributed by atoms with Gasteiger partial charge in [-0.25, -0.2) is 0 Å². The number of carbonyl (C=O) groups is 1. The Hall–Kier alpha value is -2.61. The third kappa shape index (κ3) is 4.57. The Morgan fingerprint density at radius 3 is 2.48 bits per heavy atom. The van der Waals surface area contributed by atoms with E-state index in [1.54, 1.807) is 13.2 Å². The van der Waals surface area contributed by atoms with Crippen LogP contribution in [0, 0.1) is 10.1 Å². The Bertz CT molecular complexity index is 833. The van der Waals surface area contributed by atoms with Crippen LogP contribution in [0.4, 0.5) is 11.4 Å². The molecule has 0 radical (unpaired) electrons. The lowest BCUT2D eigenvalue weighted by atomic mass is 10.0. The summed E-state index contributed by atoms with van der Waals surface area (Å²) in [5, 5.41) is 14.0. The molecule has 1 fully saturated rings. The predicted octanol–water partition coefficient (Wildman–Crippen LogP) is 3.76. The first-order valence-corrected chi connectivity index (χ1v) is 9.41. The molecule has 1 heterocycles. The van der Waals surface area contributed by atoms with Crippen LogP contribution >= 0.6 is 15.9 Å². The highest BCUT2D eigenvalue weighted by Gasteiger charge is 2.23. The average Bonchev–Trinajstić information content (AvgIpc) is 2.68. The zero-order chi connectivity index (χ0) is 19.4. The molecule has 1 aliphatic heterocycles. The molecular formula is C19H20BrN3O4. The molecule has 0 bridgehead atoms. The number of nitro groups is 1. The minimum absolute atomic E-state index is 0.0506. The first-order chi connectivity index (χ1) is 13.0. The number of carbonyl (C=O) groups excluding carboxylic acids is 1. The van der Waals surface area contributed by atoms with Gasteiger partial charge in [0.15, 0.2) is 0 Å². The van der Waals surface area contributed by atoms with Crippen LogP contribution in [0.15, 0.2) is 46.9 Å². The zero-order valence-corrected chi connectivity index (χ0v) is 16.4. The molecule has 1 amide bonds. The Balaban J connectivity index is 1.58. The van der Waals surface area contributed by atoms with Crippen molar-refractivity contribution in [2.45, 2.75) is 18.9 Å². The van der Waals surface area contributed by atoms with Crippen molar-refractivity contribution in [1.29, 1.82) is 0 Å². The van der Waals surface area contributed by atoms with Crippen molar-refractivity contribution in [1.82, 2.24) is 5.32 Å². The highest BCUT2D eigenvalue weighted by molar-refractivity contribution is 9.10. The Labute approximate surface area is 165 Å². The van der Waals surface area contributed by atoms with Crippen LogP contribution in [0.2, 0.25) is 0 Å². The lowest BCUT2D eigenvalue weighted by Gasteiger charge is -2.34. The van der Waals surface area contributed by atoms with Crippen molar-refractivity contribution in [2.75, 3.05) is 25.1 Å². The van der Waals surface area contributed by atoms with E-state index in [1.165, 1.54) is 12.1 Å². The fourth-order valence-electron chi connectivity index (χ4n) is 3.14. The maximum Gasteiger partial charge on any atom is 0.284 e. The molecule has 2 aromatic carbocycles. The van der Waals surface area contributed by atoms with E-state index in [0.717, 1.165) is 37.4 Å². The minimum atomic E-state index is -0.506. The smallest absolute Gasteiger partial charge is 0.284 e. The summed E-state index contributed by atoms with van der Waals surface area (Å²) in [7, 11) is 1.64. The quantitative estimate of drug-likeness (QED) is 0.572. The van der Waals surface area contributed by atoms with Gasteiger partial charge >= 0.3 is 0 Å². The standard InChI is InChI=1S/C19H20BrN3O4/c1-27-16-5-3-15(4-6-16)22-10-8-14(9-11-22)21-19(24)13-2-7-17(20)18(12-13)23(25)26/h2-7,12,14H,8-11H2,1H3,(H,21,24). The van der Waals surface area contributed by atoms with E-state index in [2.05, 4.69) is 26.1 Å². The van der Waals surface area contributed by atoms with Gasteiger partial charge in [-0.05, 0) is 65.2 Å². The summed E-state index contributed by atoms with van der Waals surface area (Å²) in [6, 6.07) is 12.4. The largest absolute Gasteiger partial charge is 0.497 e. The van der Waals surface area contributed by atoms with Gasteiger partial charge in [-0.15, -0.1) is 0 Å². The molecule has 142 valence electrons. The van der Waals surface area contributed by atoms with Crippen molar-refractivity contribution in [3.63, 3.8) is 0 Å². The Morgan fingerprint density at radius 2 is 1.89 bits per heavy atom. The van der Waals surface area contributed by atoms with E-state index in [1.807, 2.05) is 24.3 Å². The minimum Gasteiger partial charge on any atom is -0.497 e. The van der Waals surface area contributed by atoms with E-state index in [4.69, 9.17) is 4.74 Å². The van der Waals surface area contributed by atoms with Crippen molar-refractivity contribution >= 4 is 33.2 Å². The monoisotopic (exact) mass is 433 g/mol. The van der Waals surface area contributed by atoms with E-state index in [9.17, 15) is 14.9 Å². The second-order valence-corrected chi connectivity index (χ2v) is 7.21. The topological polar surface area (TPSA) is 84.7 Å². The van der Waals surface area contributed by atoms with Crippen molar-refractivity contribution < 1.29 is 14.5 Å². The van der Waals surface area contributed by atoms with Crippen LogP contribution in [-0.2, 0) is 0 Å². The molecule has 1 aliphatic rings. The number of amides is 1. The summed E-state index contributed by atoms with van der Waals surface area (Å²) in [6.07, 6.45) is 1.63. The number of nitrogens with zero attached hydrogens (tertiary/aromatic N) is 2. The van der Waals surface area contributed by atoms with Crippen molar-refractivity contribution in [3.05, 3.63) is 62.6 Å². The third-order valence-corrected chi connectivity index (χ3v) is 5.34. The summed E-state index contributed by atoms with van der Waals surface area (Å²) in [6.45, 7) is 1.66. The van der Waals surface area contributed by atoms with Gasteiger partial charge in [0.2, 0.25) is 0 Å². The van der Waals surface area contributed by atoms with Gasteiger partial charge < -0.3 is 15.0 Å². The third-order valence-electron chi connectivity index (χ3n) is 4.67. The molecule has 0 aromatic heterocycles. The fourth-order valence-corrected chi connectivity index (χ4v) is 3.53. The maximum absolute atomic E-state index is 12.4. The highest BCUT2D eigenvalue weighted by Crippen LogP contribution is 2.26. The number of hydrogen-bond donors (Lipinski definition) is 1. The molecule has 0 spiro atoms. The molecule has 0 unspecified atom stereocenters. The fraction of sp³-hybridized carbons (Fsp3) is 0.316. The van der Waals surface area contributed by atoms with E-state index < -0.39 is 4.92 Å². The lowest BCUT2D eigenvalue weighted by molar-refractivity contribution is -0.385. The number of piperidine rings is 1. The number of benzene rings is 2. The number of halogens is 1. The molecule has 1 saturated heterocycles. The molecular weight excluding hydrogens is 414 g/mol. The number of hydrogen-bond acceptors (Lipinski definition) is 5. The van der Waals surface area contributed by atoms with Crippen LogP contribution < -0.4 is 15.0 Å². The molecule has 27 heavy (non-hydrogen) atoms. The van der Waals surface area contributed by atoms with Gasteiger partial charge in [0.25, 0.3) is 11.6 Å². The Morgan fingerprint density at radius 1 is 1.22 bits per heavy atom. The first-order valence-electron chi connectivity index (χ1n) is 8.61. The molecule has 1 N–H and O–H groups in total. The summed E-state index contributed by atoms with van der Waals surface area (Å²) in [4.78, 5) is 25.2. The SMILES string of the molecule is COc1ccc(N2CCC(NC(=O)c3ccc(Br)c([N+](=O)[O-])c3)CC2)cc1. The van der Waals surface area contributed by atoms with E-state index in [-0.39, 0.29) is 17.6 Å². The van der Waals surface area contributed by atoms with Crippen molar-refractivity contribution in [2.24, 2.45) is 0 Å². The van der Waals surface area contributed by atoms with Gasteiger partial charge in [-0.3, -0.25) is 14.9 Å². The van der Waals surface area contributed by atoms with Gasteiger partial charge in [0.05, 0.1) is 16.5 Å². The summed E-state index contributed by atoms with van der Waals surface area (Å²) >= 11 is 3.13. The summed E-state index contributed by atoms with van der Waals surface area (Å²) in [5.41, 5.74) is 1.31. The molecule has 7 nitrogen and oxygen atoms in total. The normalized spacial score (nSPS) is 14.7. The molecule has 0 aliphatic carbocycles. The van der Waals surface area contributed by atoms with Crippen LogP contribution in [0.3, 0.4) is 0 Å². The molecule has 0 atom stereocenters. The van der Waals surface area contributed by atoms with Crippen LogP contribution in [0.25, 0.3) is 0 Å². The molecule has 8 heteroatoms. The Kier molecular flexibility index (Phi) is 5.95. The summed E-state index contributed by atoms with van der Waals surface area (Å²) in [5.74, 6) is 0.540. The van der Waals surface area contributed by atoms with E-state index >= 15 is 0 Å². The average molecular weight is 434 g/mol. The second kappa shape index (κ2) is 8.39. The maximum atomic E-state index is 12.4. The van der Waals surface area contributed by atoms with Gasteiger partial charge in [-0.2, -0.15) is 0 Å². The molecule has 0 saturated carbocycles. The van der Waals surface area contributed by atoms with Crippen LogP contribution in [-0.4, -0.2) is 37.1 Å². The number of anilines is 1. The number of nitrogens with one attached hydrogen (secondary N) is 1. The highest BCUT2D eigenvalue weighted by atomic mass is 79.9. The van der Waals surface area contributed by atoms with Crippen LogP contribution in [0.1, 0.15) is 23.2 Å². The van der Waals surface area contributed by atoms with Crippen molar-refractivity contribution in [3.8, 4) is 5.75 Å². The van der Waals surface area contributed by atoms with Gasteiger partial charge in [0, 0.05) is 36.4 Å². The molecule has 2 aromatic rings. The van der Waals surface area contributed by atoms with Gasteiger partial charge in [-0.1, -0.05) is 0 Å². The van der Waals surface area contributed by atoms with Gasteiger partial charge in [0.1, 0.15) is 5.75 Å². The predicted molar refractivity (Wildman–Crippen MR) is 106 cm³/mol. The van der Waals surface area contributed by atoms with E-state index in [0.29, 0.717) is 10.0 Å². The number of ether oxygens (including phenoxy) is 1. The second-order valence-electron chi connectivity index (χ2n) is 6.36.